The van der Waals surface area contributed by atoms with Gasteiger partial charge in [0.25, 0.3) is 0 Å². The van der Waals surface area contributed by atoms with E-state index >= 15 is 0 Å². The molecule has 0 fully saturated rings. The molecule has 3 aromatic carbocycles. The molecule has 4 rings (SSSR count). The number of benzene rings is 3. The van der Waals surface area contributed by atoms with Crippen molar-refractivity contribution in [3.8, 4) is 17.1 Å². The lowest BCUT2D eigenvalue weighted by Crippen LogP contribution is -2.29. The summed E-state index contributed by atoms with van der Waals surface area (Å²) < 4.78 is 15.2. The summed E-state index contributed by atoms with van der Waals surface area (Å²) in [4.78, 5) is 12.4. The first-order valence-corrected chi connectivity index (χ1v) is 11.5. The number of hydrogen-bond acceptors (Lipinski definition) is 5. The minimum atomic E-state index is -0.839. The molecule has 6 nitrogen and oxygen atoms in total. The lowest BCUT2D eigenvalue weighted by atomic mass is 10.1. The summed E-state index contributed by atoms with van der Waals surface area (Å²) in [7, 11) is 0. The summed E-state index contributed by atoms with van der Waals surface area (Å²) in [5, 5.41) is 22.6. The Morgan fingerprint density at radius 3 is 2.42 bits per heavy atom. The first kappa shape index (κ1) is 23.0. The summed E-state index contributed by atoms with van der Waals surface area (Å²) in [6, 6.07) is 22.3. The van der Waals surface area contributed by atoms with Crippen LogP contribution in [0.4, 0.5) is 4.39 Å². The van der Waals surface area contributed by atoms with Crippen LogP contribution in [-0.4, -0.2) is 38.1 Å². The van der Waals surface area contributed by atoms with Gasteiger partial charge in [0.1, 0.15) is 5.82 Å². The lowest BCUT2D eigenvalue weighted by molar-refractivity contribution is -0.119. The van der Waals surface area contributed by atoms with E-state index in [1.807, 2.05) is 34.9 Å². The molecule has 0 saturated heterocycles. The van der Waals surface area contributed by atoms with Crippen LogP contribution in [0, 0.1) is 5.82 Å². The van der Waals surface area contributed by atoms with Gasteiger partial charge in [-0.2, -0.15) is 0 Å². The molecule has 1 heterocycles. The van der Waals surface area contributed by atoms with E-state index in [1.54, 1.807) is 36.4 Å². The van der Waals surface area contributed by atoms with Crippen LogP contribution in [0.1, 0.15) is 11.7 Å². The minimum absolute atomic E-state index is 0.0766. The normalized spacial score (nSPS) is 11.8. The maximum absolute atomic E-state index is 13.4. The quantitative estimate of drug-likeness (QED) is 0.357. The average molecular weight is 483 g/mol. The summed E-state index contributed by atoms with van der Waals surface area (Å²) in [6.45, 7) is 0.0766. The molecule has 0 saturated carbocycles. The molecule has 1 atom stereocenters. The summed E-state index contributed by atoms with van der Waals surface area (Å²) in [5.41, 5.74) is 2.19. The van der Waals surface area contributed by atoms with E-state index in [4.69, 9.17) is 11.6 Å². The topological polar surface area (TPSA) is 80.0 Å². The van der Waals surface area contributed by atoms with Crippen LogP contribution in [-0.2, 0) is 4.79 Å². The van der Waals surface area contributed by atoms with E-state index in [1.165, 1.54) is 23.9 Å². The standard InChI is InChI=1S/C24H20ClFN4O2S/c25-18-10-6-16(7-11-18)21(31)14-27-22(32)15-33-24-29-28-23(17-8-12-19(26)13-9-17)30(24)20-4-2-1-3-5-20/h1-13,21,31H,14-15H2,(H,27,32). The third-order valence-corrected chi connectivity index (χ3v) is 6.01. The number of halogens is 2. The summed E-state index contributed by atoms with van der Waals surface area (Å²) in [5.74, 6) is 0.0413. The molecule has 1 aromatic heterocycles. The number of hydrogen-bond donors (Lipinski definition) is 2. The van der Waals surface area contributed by atoms with Crippen molar-refractivity contribution in [2.24, 2.45) is 0 Å². The Bertz CT molecular complexity index is 1220. The number of nitrogens with zero attached hydrogens (tertiary/aromatic N) is 3. The molecule has 4 aromatic rings. The Morgan fingerprint density at radius 2 is 1.73 bits per heavy atom. The maximum Gasteiger partial charge on any atom is 0.230 e. The molecular formula is C24H20ClFN4O2S. The van der Waals surface area contributed by atoms with Crippen molar-refractivity contribution in [3.05, 3.63) is 95.3 Å². The van der Waals surface area contributed by atoms with Crippen molar-refractivity contribution in [2.45, 2.75) is 11.3 Å². The van der Waals surface area contributed by atoms with E-state index < -0.39 is 6.10 Å². The van der Waals surface area contributed by atoms with Gasteiger partial charge >= 0.3 is 0 Å². The Morgan fingerprint density at radius 1 is 1.03 bits per heavy atom. The fourth-order valence-electron chi connectivity index (χ4n) is 3.15. The molecule has 0 radical (unpaired) electrons. The SMILES string of the molecule is O=C(CSc1nnc(-c2ccc(F)cc2)n1-c1ccccc1)NCC(O)c1ccc(Cl)cc1. The highest BCUT2D eigenvalue weighted by atomic mass is 35.5. The highest BCUT2D eigenvalue weighted by molar-refractivity contribution is 7.99. The summed E-state index contributed by atoms with van der Waals surface area (Å²) >= 11 is 7.09. The smallest absolute Gasteiger partial charge is 0.230 e. The van der Waals surface area contributed by atoms with Crippen molar-refractivity contribution in [1.29, 1.82) is 0 Å². The number of para-hydroxylation sites is 1. The number of rotatable bonds is 8. The lowest BCUT2D eigenvalue weighted by Gasteiger charge is -2.13. The highest BCUT2D eigenvalue weighted by Crippen LogP contribution is 2.28. The van der Waals surface area contributed by atoms with E-state index in [0.29, 0.717) is 27.1 Å². The molecule has 2 N–H and O–H groups in total. The van der Waals surface area contributed by atoms with Crippen LogP contribution in [0.25, 0.3) is 17.1 Å². The van der Waals surface area contributed by atoms with Crippen molar-refractivity contribution in [3.63, 3.8) is 0 Å². The second-order valence-electron chi connectivity index (χ2n) is 7.14. The zero-order valence-corrected chi connectivity index (χ0v) is 18.9. The highest BCUT2D eigenvalue weighted by Gasteiger charge is 2.18. The molecule has 9 heteroatoms. The van der Waals surface area contributed by atoms with Gasteiger partial charge < -0.3 is 10.4 Å². The van der Waals surface area contributed by atoms with Gasteiger partial charge in [0, 0.05) is 22.8 Å². The summed E-state index contributed by atoms with van der Waals surface area (Å²) in [6.07, 6.45) is -0.839. The predicted octanol–water partition coefficient (Wildman–Crippen LogP) is 4.67. The number of amides is 1. The second-order valence-corrected chi connectivity index (χ2v) is 8.52. The molecule has 0 aliphatic carbocycles. The number of thioether (sulfide) groups is 1. The molecule has 0 spiro atoms. The van der Waals surface area contributed by atoms with E-state index in [-0.39, 0.29) is 24.0 Å². The van der Waals surface area contributed by atoms with Gasteiger partial charge in [-0.15, -0.1) is 10.2 Å². The third kappa shape index (κ3) is 5.78. The largest absolute Gasteiger partial charge is 0.387 e. The molecule has 0 aliphatic heterocycles. The van der Waals surface area contributed by atoms with Gasteiger partial charge in [-0.3, -0.25) is 9.36 Å². The number of aromatic nitrogens is 3. The van der Waals surface area contributed by atoms with Gasteiger partial charge in [-0.05, 0) is 54.1 Å². The Labute approximate surface area is 199 Å². The zero-order valence-electron chi connectivity index (χ0n) is 17.4. The second kappa shape index (κ2) is 10.6. The Hall–Kier alpha value is -3.20. The predicted molar refractivity (Wildman–Crippen MR) is 127 cm³/mol. The maximum atomic E-state index is 13.4. The van der Waals surface area contributed by atoms with Gasteiger partial charge in [-0.1, -0.05) is 53.7 Å². The number of carbonyl (C=O) groups excluding carboxylic acids is 1. The van der Waals surface area contributed by atoms with Crippen molar-refractivity contribution < 1.29 is 14.3 Å². The van der Waals surface area contributed by atoms with E-state index in [9.17, 15) is 14.3 Å². The van der Waals surface area contributed by atoms with Crippen LogP contribution in [0.15, 0.2) is 84.0 Å². The van der Waals surface area contributed by atoms with Crippen LogP contribution in [0.2, 0.25) is 5.02 Å². The van der Waals surface area contributed by atoms with Crippen molar-refractivity contribution in [1.82, 2.24) is 20.1 Å². The number of carbonyl (C=O) groups is 1. The molecule has 1 unspecified atom stereocenters. The fourth-order valence-corrected chi connectivity index (χ4v) is 4.06. The molecular weight excluding hydrogens is 463 g/mol. The van der Waals surface area contributed by atoms with Crippen LogP contribution in [0.3, 0.4) is 0 Å². The monoisotopic (exact) mass is 482 g/mol. The first-order valence-electron chi connectivity index (χ1n) is 10.1. The molecule has 168 valence electrons. The van der Waals surface area contributed by atoms with Crippen LogP contribution >= 0.6 is 23.4 Å². The molecule has 1 amide bonds. The molecule has 33 heavy (non-hydrogen) atoms. The third-order valence-electron chi connectivity index (χ3n) is 4.83. The van der Waals surface area contributed by atoms with E-state index in [2.05, 4.69) is 15.5 Å². The van der Waals surface area contributed by atoms with Gasteiger partial charge in [0.15, 0.2) is 11.0 Å². The zero-order chi connectivity index (χ0) is 23.2. The van der Waals surface area contributed by atoms with Crippen molar-refractivity contribution >= 4 is 29.3 Å². The van der Waals surface area contributed by atoms with Crippen molar-refractivity contribution in [2.75, 3.05) is 12.3 Å². The number of nitrogens with one attached hydrogen (secondary N) is 1. The van der Waals surface area contributed by atoms with Crippen LogP contribution in [0.5, 0.6) is 0 Å². The Balaban J connectivity index is 1.46. The minimum Gasteiger partial charge on any atom is -0.387 e. The number of aliphatic hydroxyl groups is 1. The fraction of sp³-hybridized carbons (Fsp3) is 0.125. The van der Waals surface area contributed by atoms with Gasteiger partial charge in [0.05, 0.1) is 11.9 Å². The van der Waals surface area contributed by atoms with Gasteiger partial charge in [-0.25, -0.2) is 4.39 Å². The average Bonchev–Trinajstić information content (AvgIpc) is 3.26. The molecule has 0 bridgehead atoms. The first-order chi connectivity index (χ1) is 16.0. The Kier molecular flexibility index (Phi) is 7.39. The van der Waals surface area contributed by atoms with Gasteiger partial charge in [0.2, 0.25) is 5.91 Å². The number of aliphatic hydroxyl groups excluding tert-OH is 1. The molecule has 0 aliphatic rings. The van der Waals surface area contributed by atoms with E-state index in [0.717, 1.165) is 5.69 Å². The van der Waals surface area contributed by atoms with Crippen LogP contribution < -0.4 is 5.32 Å².